The lowest BCUT2D eigenvalue weighted by Crippen LogP contribution is -2.39. The Bertz CT molecular complexity index is 810. The number of nitrogens with one attached hydrogen (secondary N) is 3. The number of anilines is 1. The highest BCUT2D eigenvalue weighted by molar-refractivity contribution is 7.13. The minimum Gasteiger partial charge on any atom is -0.367 e. The van der Waals surface area contributed by atoms with Crippen LogP contribution in [0.2, 0.25) is 0 Å². The number of carbonyl (C=O) groups excluding carboxylic acids is 2. The van der Waals surface area contributed by atoms with Gasteiger partial charge in [-0.05, 0) is 23.7 Å². The van der Waals surface area contributed by atoms with Gasteiger partial charge < -0.3 is 16.0 Å². The highest BCUT2D eigenvalue weighted by atomic mass is 32.1. The van der Waals surface area contributed by atoms with Crippen LogP contribution in [0.15, 0.2) is 61.2 Å². The van der Waals surface area contributed by atoms with E-state index in [0.29, 0.717) is 18.7 Å². The smallest absolute Gasteiger partial charge is 0.251 e. The fourth-order valence-electron chi connectivity index (χ4n) is 2.08. The van der Waals surface area contributed by atoms with Crippen molar-refractivity contribution in [1.82, 2.24) is 15.0 Å². The van der Waals surface area contributed by atoms with Crippen LogP contribution in [0.5, 0.6) is 0 Å². The average molecular weight is 356 g/mol. The number of fused-ring (bicyclic) bond motifs is 1. The zero-order valence-electron chi connectivity index (χ0n) is 13.7. The molecule has 0 aliphatic carbocycles. The molecule has 0 unspecified atom stereocenters. The molecule has 2 amide bonds. The monoisotopic (exact) mass is 356 g/mol. The molecule has 2 aromatic rings. The normalized spacial score (nSPS) is 11.0. The van der Waals surface area contributed by atoms with E-state index in [4.69, 9.17) is 0 Å². The van der Waals surface area contributed by atoms with Crippen molar-refractivity contribution >= 4 is 39.3 Å². The molecule has 6 nitrogen and oxygen atoms in total. The Hall–Kier alpha value is -2.93. The lowest BCUT2D eigenvalue weighted by molar-refractivity contribution is -0.124. The Labute approximate surface area is 150 Å². The molecule has 0 aliphatic heterocycles. The van der Waals surface area contributed by atoms with Gasteiger partial charge in [0.05, 0.1) is 11.2 Å². The van der Waals surface area contributed by atoms with Gasteiger partial charge in [-0.15, -0.1) is 0 Å². The van der Waals surface area contributed by atoms with E-state index in [2.05, 4.69) is 33.5 Å². The maximum absolute atomic E-state index is 11.8. The second kappa shape index (κ2) is 9.39. The number of nitrogens with zero attached hydrogens (tertiary/aromatic N) is 1. The Morgan fingerprint density at radius 2 is 1.96 bits per heavy atom. The first-order valence-electron chi connectivity index (χ1n) is 7.74. The first-order chi connectivity index (χ1) is 12.2. The Morgan fingerprint density at radius 1 is 1.16 bits per heavy atom. The van der Waals surface area contributed by atoms with Crippen LogP contribution in [0.1, 0.15) is 0 Å². The maximum Gasteiger partial charge on any atom is 0.251 e. The second-order valence-electron chi connectivity index (χ2n) is 5.05. The molecule has 0 saturated carbocycles. The lowest BCUT2D eigenvalue weighted by atomic mass is 10.2. The van der Waals surface area contributed by atoms with E-state index in [9.17, 15) is 9.59 Å². The minimum atomic E-state index is -0.364. The van der Waals surface area contributed by atoms with Crippen molar-refractivity contribution in [3.63, 3.8) is 0 Å². The Morgan fingerprint density at radius 3 is 2.72 bits per heavy atom. The summed E-state index contributed by atoms with van der Waals surface area (Å²) in [6.07, 6.45) is 4.43. The van der Waals surface area contributed by atoms with Crippen LogP contribution in [-0.4, -0.2) is 35.8 Å². The van der Waals surface area contributed by atoms with E-state index in [1.54, 1.807) is 0 Å². The molecule has 1 aromatic carbocycles. The number of hydrogen-bond donors (Lipinski definition) is 3. The quantitative estimate of drug-likeness (QED) is 0.366. The summed E-state index contributed by atoms with van der Waals surface area (Å²) in [6, 6.07) is 7.95. The Balaban J connectivity index is 1.70. The van der Waals surface area contributed by atoms with Crippen molar-refractivity contribution < 1.29 is 9.59 Å². The van der Waals surface area contributed by atoms with Crippen LogP contribution in [-0.2, 0) is 9.59 Å². The lowest BCUT2D eigenvalue weighted by Gasteiger charge is -2.08. The van der Waals surface area contributed by atoms with Gasteiger partial charge in [0.1, 0.15) is 5.82 Å². The van der Waals surface area contributed by atoms with Gasteiger partial charge in [0, 0.05) is 24.0 Å². The molecule has 1 aromatic heterocycles. The van der Waals surface area contributed by atoms with Crippen molar-refractivity contribution in [2.75, 3.05) is 25.0 Å². The van der Waals surface area contributed by atoms with Crippen molar-refractivity contribution in [3.8, 4) is 0 Å². The van der Waals surface area contributed by atoms with Crippen molar-refractivity contribution in [2.24, 2.45) is 0 Å². The Kier molecular flexibility index (Phi) is 6.91. The molecule has 1 heterocycles. The largest absolute Gasteiger partial charge is 0.367 e. The topological polar surface area (TPSA) is 83.1 Å². The molecule has 130 valence electrons. The van der Waals surface area contributed by atoms with E-state index < -0.39 is 0 Å². The number of allylic oxidation sites excluding steroid dienone is 2. The van der Waals surface area contributed by atoms with Crippen molar-refractivity contribution in [3.05, 3.63) is 61.2 Å². The number of amides is 2. The predicted molar refractivity (Wildman–Crippen MR) is 103 cm³/mol. The summed E-state index contributed by atoms with van der Waals surface area (Å²) in [6.45, 7) is 7.94. The third-order valence-electron chi connectivity index (χ3n) is 3.31. The van der Waals surface area contributed by atoms with Gasteiger partial charge in [0.25, 0.3) is 5.91 Å². The van der Waals surface area contributed by atoms with Gasteiger partial charge in [0.2, 0.25) is 5.91 Å². The number of benzene rings is 1. The molecule has 0 atom stereocenters. The van der Waals surface area contributed by atoms with Gasteiger partial charge in [-0.1, -0.05) is 43.5 Å². The van der Waals surface area contributed by atoms with Crippen LogP contribution in [0, 0.1) is 0 Å². The zero-order valence-corrected chi connectivity index (χ0v) is 14.6. The standard InChI is InChI=1S/C18H20N4O2S/c1-3-7-13(4-2)18(24)21-12-16(23)19-10-11-20-17-14-8-5-6-9-15(14)25-22-17/h3-9H,1-2,10-12H2,(H,19,23)(H,20,22)(H,21,24)/b13-7+. The van der Waals surface area contributed by atoms with E-state index in [1.165, 1.54) is 29.8 Å². The molecule has 0 radical (unpaired) electrons. The minimum absolute atomic E-state index is 0.0964. The highest BCUT2D eigenvalue weighted by Crippen LogP contribution is 2.25. The SMILES string of the molecule is C=C/C=C(\C=C)C(=O)NCC(=O)NCCNc1nsc2ccccc12. The first kappa shape index (κ1) is 18.4. The van der Waals surface area contributed by atoms with Gasteiger partial charge in [-0.3, -0.25) is 9.59 Å². The number of carbonyl (C=O) groups is 2. The van der Waals surface area contributed by atoms with Crippen molar-refractivity contribution in [1.29, 1.82) is 0 Å². The molecule has 0 fully saturated rings. The van der Waals surface area contributed by atoms with Crippen LogP contribution in [0.25, 0.3) is 10.1 Å². The summed E-state index contributed by atoms with van der Waals surface area (Å²) in [5.41, 5.74) is 0.361. The van der Waals surface area contributed by atoms with E-state index >= 15 is 0 Å². The first-order valence-corrected chi connectivity index (χ1v) is 8.51. The number of hydrogen-bond acceptors (Lipinski definition) is 5. The summed E-state index contributed by atoms with van der Waals surface area (Å²) in [4.78, 5) is 23.5. The van der Waals surface area contributed by atoms with Gasteiger partial charge in [0.15, 0.2) is 0 Å². The molecular weight excluding hydrogens is 336 g/mol. The third kappa shape index (κ3) is 5.29. The molecule has 3 N–H and O–H groups in total. The summed E-state index contributed by atoms with van der Waals surface area (Å²) in [5, 5.41) is 9.52. The fraction of sp³-hybridized carbons (Fsp3) is 0.167. The van der Waals surface area contributed by atoms with Crippen LogP contribution >= 0.6 is 11.5 Å². The van der Waals surface area contributed by atoms with Crippen molar-refractivity contribution in [2.45, 2.75) is 0 Å². The van der Waals surface area contributed by atoms with E-state index in [-0.39, 0.29) is 18.4 Å². The molecule has 25 heavy (non-hydrogen) atoms. The summed E-state index contributed by atoms with van der Waals surface area (Å²) in [7, 11) is 0. The van der Waals surface area contributed by atoms with Gasteiger partial charge in [-0.25, -0.2) is 0 Å². The molecule has 2 rings (SSSR count). The van der Waals surface area contributed by atoms with Gasteiger partial charge in [-0.2, -0.15) is 4.37 Å². The van der Waals surface area contributed by atoms with E-state index in [0.717, 1.165) is 15.9 Å². The van der Waals surface area contributed by atoms with Crippen LogP contribution < -0.4 is 16.0 Å². The van der Waals surface area contributed by atoms with Crippen LogP contribution in [0.3, 0.4) is 0 Å². The fourth-order valence-corrected chi connectivity index (χ4v) is 2.84. The van der Waals surface area contributed by atoms with Gasteiger partial charge >= 0.3 is 0 Å². The average Bonchev–Trinajstić information content (AvgIpc) is 3.04. The molecule has 7 heteroatoms. The highest BCUT2D eigenvalue weighted by Gasteiger charge is 2.08. The summed E-state index contributed by atoms with van der Waals surface area (Å²) >= 11 is 1.43. The number of rotatable bonds is 9. The zero-order chi connectivity index (χ0) is 18.1. The van der Waals surface area contributed by atoms with E-state index in [1.807, 2.05) is 24.3 Å². The molecule has 0 bridgehead atoms. The number of aromatic nitrogens is 1. The molecular formula is C18H20N4O2S. The summed E-state index contributed by atoms with van der Waals surface area (Å²) in [5.74, 6) is 0.186. The third-order valence-corrected chi connectivity index (χ3v) is 4.13. The molecule has 0 aliphatic rings. The second-order valence-corrected chi connectivity index (χ2v) is 5.85. The predicted octanol–water partition coefficient (Wildman–Crippen LogP) is 2.24. The summed E-state index contributed by atoms with van der Waals surface area (Å²) < 4.78 is 5.47. The maximum atomic E-state index is 11.8. The molecule has 0 saturated heterocycles. The van der Waals surface area contributed by atoms with Crippen LogP contribution in [0.4, 0.5) is 5.82 Å². The molecule has 0 spiro atoms.